The number of halogens is 3. The minimum atomic E-state index is -4.48. The molecule has 0 spiro atoms. The molecule has 4 rings (SSSR count). The van der Waals surface area contributed by atoms with Crippen molar-refractivity contribution < 1.29 is 27.9 Å². The molecule has 1 saturated heterocycles. The summed E-state index contributed by atoms with van der Waals surface area (Å²) in [6.45, 7) is 5.87. The SMILES string of the molecule is CC(C)N1C[C@@H]2C[C@@H](NC(=O)O)C[C@]2(C(=O)N2CCc3ncc(C(F)(F)F)cc3C2)C1. The number of hydrogen-bond acceptors (Lipinski definition) is 4. The smallest absolute Gasteiger partial charge is 0.417 e. The second kappa shape index (κ2) is 7.65. The number of carboxylic acid groups (broad SMARTS) is 1. The summed E-state index contributed by atoms with van der Waals surface area (Å²) in [6.07, 6.45) is -3.33. The third-order valence-electron chi connectivity index (χ3n) is 7.04. The molecule has 2 fully saturated rings. The third-order valence-corrected chi connectivity index (χ3v) is 7.04. The number of carbonyl (C=O) groups excluding carboxylic acids is 1. The van der Waals surface area contributed by atoms with E-state index in [9.17, 15) is 22.8 Å². The van der Waals surface area contributed by atoms with Crippen molar-refractivity contribution in [2.24, 2.45) is 11.3 Å². The van der Waals surface area contributed by atoms with Gasteiger partial charge in [-0.25, -0.2) is 4.79 Å². The van der Waals surface area contributed by atoms with Crippen molar-refractivity contribution in [1.82, 2.24) is 20.1 Å². The zero-order valence-corrected chi connectivity index (χ0v) is 17.6. The Hall–Kier alpha value is -2.36. The van der Waals surface area contributed by atoms with E-state index in [1.807, 2.05) is 0 Å². The van der Waals surface area contributed by atoms with E-state index in [1.165, 1.54) is 0 Å². The fraction of sp³-hybridized carbons (Fsp3) is 0.667. The maximum Gasteiger partial charge on any atom is 0.417 e. The minimum Gasteiger partial charge on any atom is -0.465 e. The number of carbonyl (C=O) groups is 2. The van der Waals surface area contributed by atoms with Gasteiger partial charge in [-0.1, -0.05) is 0 Å². The molecule has 1 aliphatic carbocycles. The molecule has 0 unspecified atom stereocenters. The lowest BCUT2D eigenvalue weighted by molar-refractivity contribution is -0.144. The summed E-state index contributed by atoms with van der Waals surface area (Å²) in [5, 5.41) is 11.7. The lowest BCUT2D eigenvalue weighted by Gasteiger charge is -2.37. The number of nitrogens with zero attached hydrogens (tertiary/aromatic N) is 3. The average molecular weight is 440 g/mol. The van der Waals surface area contributed by atoms with Gasteiger partial charge in [0.25, 0.3) is 0 Å². The van der Waals surface area contributed by atoms with Gasteiger partial charge in [-0.3, -0.25) is 14.7 Å². The maximum atomic E-state index is 13.8. The molecule has 1 aromatic heterocycles. The van der Waals surface area contributed by atoms with Crippen LogP contribution in [0.1, 0.15) is 43.5 Å². The normalized spacial score (nSPS) is 28.5. The molecular weight excluding hydrogens is 413 g/mol. The van der Waals surface area contributed by atoms with E-state index in [-0.39, 0.29) is 30.5 Å². The molecule has 31 heavy (non-hydrogen) atoms. The first kappa shape index (κ1) is 21.9. The van der Waals surface area contributed by atoms with Crippen LogP contribution in [0.3, 0.4) is 0 Å². The number of rotatable bonds is 3. The molecule has 7 nitrogen and oxygen atoms in total. The van der Waals surface area contributed by atoms with Gasteiger partial charge in [0.1, 0.15) is 0 Å². The molecule has 3 heterocycles. The first-order chi connectivity index (χ1) is 14.5. The van der Waals surface area contributed by atoms with Crippen LogP contribution in [-0.2, 0) is 23.9 Å². The van der Waals surface area contributed by atoms with E-state index in [1.54, 1.807) is 4.90 Å². The van der Waals surface area contributed by atoms with Gasteiger partial charge in [0.2, 0.25) is 5.91 Å². The van der Waals surface area contributed by atoms with Crippen LogP contribution in [0.4, 0.5) is 18.0 Å². The van der Waals surface area contributed by atoms with E-state index in [2.05, 4.69) is 29.0 Å². The highest BCUT2D eigenvalue weighted by Crippen LogP contribution is 2.51. The molecule has 2 amide bonds. The Balaban J connectivity index is 1.59. The van der Waals surface area contributed by atoms with Crippen molar-refractivity contribution in [3.63, 3.8) is 0 Å². The Morgan fingerprint density at radius 3 is 2.74 bits per heavy atom. The van der Waals surface area contributed by atoms with Crippen LogP contribution in [0.25, 0.3) is 0 Å². The number of fused-ring (bicyclic) bond motifs is 2. The second-order valence-corrected chi connectivity index (χ2v) is 9.27. The highest BCUT2D eigenvalue weighted by atomic mass is 19.4. The summed E-state index contributed by atoms with van der Waals surface area (Å²) in [4.78, 5) is 32.8. The van der Waals surface area contributed by atoms with Crippen LogP contribution in [0.2, 0.25) is 0 Å². The minimum absolute atomic E-state index is 0.0141. The van der Waals surface area contributed by atoms with Gasteiger partial charge in [-0.15, -0.1) is 0 Å². The maximum absolute atomic E-state index is 13.8. The molecule has 0 radical (unpaired) electrons. The van der Waals surface area contributed by atoms with Gasteiger partial charge >= 0.3 is 12.3 Å². The van der Waals surface area contributed by atoms with Gasteiger partial charge in [0.05, 0.1) is 11.0 Å². The van der Waals surface area contributed by atoms with Gasteiger partial charge < -0.3 is 15.3 Å². The van der Waals surface area contributed by atoms with Gasteiger partial charge in [-0.2, -0.15) is 13.2 Å². The van der Waals surface area contributed by atoms with Crippen molar-refractivity contribution >= 4 is 12.0 Å². The van der Waals surface area contributed by atoms with Crippen molar-refractivity contribution in [3.05, 3.63) is 29.1 Å². The summed E-state index contributed by atoms with van der Waals surface area (Å²) in [7, 11) is 0. The van der Waals surface area contributed by atoms with Gasteiger partial charge in [0, 0.05) is 56.6 Å². The molecule has 170 valence electrons. The fourth-order valence-corrected chi connectivity index (χ4v) is 5.49. The van der Waals surface area contributed by atoms with E-state index in [4.69, 9.17) is 5.11 Å². The Morgan fingerprint density at radius 1 is 1.35 bits per heavy atom. The molecule has 3 atom stereocenters. The molecule has 1 aromatic rings. The van der Waals surface area contributed by atoms with E-state index in [0.717, 1.165) is 12.3 Å². The largest absolute Gasteiger partial charge is 0.465 e. The van der Waals surface area contributed by atoms with E-state index >= 15 is 0 Å². The lowest BCUT2D eigenvalue weighted by Crippen LogP contribution is -2.49. The standard InChI is InChI=1S/C21H27F3N4O3/c1-12(2)28-10-15-6-16(26-19(30)31)7-20(15,11-28)18(29)27-4-3-17-13(9-27)5-14(8-25-17)21(22,23)24/h5,8,12,15-16,26H,3-4,6-7,9-11H2,1-2H3,(H,30,31)/t15-,16+,20-/m0/s1. The summed E-state index contributed by atoms with van der Waals surface area (Å²) in [5.74, 6) is -0.0707. The van der Waals surface area contributed by atoms with Crippen LogP contribution in [0.15, 0.2) is 12.3 Å². The third kappa shape index (κ3) is 3.97. The Bertz CT molecular complexity index is 891. The molecule has 0 bridgehead atoms. The van der Waals surface area contributed by atoms with Crippen LogP contribution in [0.5, 0.6) is 0 Å². The fourth-order valence-electron chi connectivity index (χ4n) is 5.49. The molecule has 0 aromatic carbocycles. The van der Waals surface area contributed by atoms with Gasteiger partial charge in [-0.05, 0) is 44.2 Å². The van der Waals surface area contributed by atoms with E-state index < -0.39 is 23.2 Å². The Labute approximate surface area is 178 Å². The number of pyridine rings is 1. The molecule has 3 aliphatic rings. The molecule has 2 aliphatic heterocycles. The van der Waals surface area contributed by atoms with E-state index in [0.29, 0.717) is 50.2 Å². The van der Waals surface area contributed by atoms with Crippen LogP contribution in [0, 0.1) is 11.3 Å². The molecule has 10 heteroatoms. The Morgan fingerprint density at radius 2 is 2.10 bits per heavy atom. The molecular formula is C21H27F3N4O3. The average Bonchev–Trinajstić information content (AvgIpc) is 3.20. The number of hydrogen-bond donors (Lipinski definition) is 2. The van der Waals surface area contributed by atoms with Crippen LogP contribution in [-0.4, -0.2) is 63.6 Å². The van der Waals surface area contributed by atoms with Crippen molar-refractivity contribution in [1.29, 1.82) is 0 Å². The number of alkyl halides is 3. The zero-order valence-electron chi connectivity index (χ0n) is 17.6. The second-order valence-electron chi connectivity index (χ2n) is 9.27. The topological polar surface area (TPSA) is 85.8 Å². The van der Waals surface area contributed by atoms with Gasteiger partial charge in [0.15, 0.2) is 0 Å². The number of likely N-dealkylation sites (tertiary alicyclic amines) is 1. The summed E-state index contributed by atoms with van der Waals surface area (Å²) >= 11 is 0. The summed E-state index contributed by atoms with van der Waals surface area (Å²) in [5.41, 5.74) is -0.503. The zero-order chi connectivity index (χ0) is 22.6. The van der Waals surface area contributed by atoms with Crippen molar-refractivity contribution in [3.8, 4) is 0 Å². The van der Waals surface area contributed by atoms with Crippen LogP contribution >= 0.6 is 0 Å². The molecule has 2 N–H and O–H groups in total. The van der Waals surface area contributed by atoms with Crippen LogP contribution < -0.4 is 5.32 Å². The number of amides is 2. The Kier molecular flexibility index (Phi) is 5.39. The number of nitrogens with one attached hydrogen (secondary N) is 1. The monoisotopic (exact) mass is 440 g/mol. The van der Waals surface area contributed by atoms with Crippen molar-refractivity contribution in [2.75, 3.05) is 19.6 Å². The summed E-state index contributed by atoms with van der Waals surface area (Å²) in [6, 6.07) is 1.05. The summed E-state index contributed by atoms with van der Waals surface area (Å²) < 4.78 is 39.4. The first-order valence-corrected chi connectivity index (χ1v) is 10.6. The highest BCUT2D eigenvalue weighted by molar-refractivity contribution is 5.85. The predicted octanol–water partition coefficient (Wildman–Crippen LogP) is 2.74. The quantitative estimate of drug-likeness (QED) is 0.755. The first-order valence-electron chi connectivity index (χ1n) is 10.6. The predicted molar refractivity (Wildman–Crippen MR) is 105 cm³/mol. The van der Waals surface area contributed by atoms with Crippen molar-refractivity contribution in [2.45, 2.75) is 57.9 Å². The molecule has 1 saturated carbocycles. The number of aromatic nitrogens is 1. The lowest BCUT2D eigenvalue weighted by atomic mass is 9.78. The highest BCUT2D eigenvalue weighted by Gasteiger charge is 2.59.